The monoisotopic (exact) mass is 152 g/mol. The third kappa shape index (κ3) is 6.32. The number of allylic oxidation sites excluding steroid dienone is 1. The molecule has 0 aromatic rings. The van der Waals surface area contributed by atoms with Gasteiger partial charge in [-0.25, -0.2) is 0 Å². The van der Waals surface area contributed by atoms with E-state index in [9.17, 15) is 0 Å². The van der Waals surface area contributed by atoms with Crippen molar-refractivity contribution >= 4 is 23.2 Å². The predicted octanol–water partition coefficient (Wildman–Crippen LogP) is 3.15. The van der Waals surface area contributed by atoms with Gasteiger partial charge in [-0.15, -0.1) is 29.8 Å². The highest BCUT2D eigenvalue weighted by Gasteiger charge is 2.14. The van der Waals surface area contributed by atoms with E-state index in [1.807, 2.05) is 6.92 Å². The van der Waals surface area contributed by atoms with Crippen LogP contribution in [0.1, 0.15) is 20.3 Å². The van der Waals surface area contributed by atoms with E-state index in [1.165, 1.54) is 0 Å². The van der Waals surface area contributed by atoms with E-state index in [-0.39, 0.29) is 0 Å². The molecule has 0 aliphatic carbocycles. The molecule has 0 amide bonds. The minimum atomic E-state index is -0.633. The largest absolute Gasteiger partial charge is 0.119 e. The van der Waals surface area contributed by atoms with Gasteiger partial charge in [-0.3, -0.25) is 0 Å². The summed E-state index contributed by atoms with van der Waals surface area (Å²) in [6.07, 6.45) is 0.663. The number of halogens is 2. The first-order chi connectivity index (χ1) is 3.42. The maximum atomic E-state index is 5.63. The van der Waals surface area contributed by atoms with E-state index < -0.39 is 4.33 Å². The molecule has 0 saturated carbocycles. The lowest BCUT2D eigenvalue weighted by molar-refractivity contribution is 0.844. The Balaban J connectivity index is 3.55. The maximum absolute atomic E-state index is 5.63. The van der Waals surface area contributed by atoms with Crippen molar-refractivity contribution in [2.24, 2.45) is 0 Å². The Morgan fingerprint density at radius 1 is 1.62 bits per heavy atom. The summed E-state index contributed by atoms with van der Waals surface area (Å²) in [5.41, 5.74) is 1.01. The fourth-order valence-electron chi connectivity index (χ4n) is 0.530. The van der Waals surface area contributed by atoms with Gasteiger partial charge in [0, 0.05) is 6.42 Å². The summed E-state index contributed by atoms with van der Waals surface area (Å²) < 4.78 is -0.633. The molecule has 0 atom stereocenters. The summed E-state index contributed by atoms with van der Waals surface area (Å²) in [6.45, 7) is 7.33. The van der Waals surface area contributed by atoms with Crippen LogP contribution in [0, 0.1) is 0 Å². The topological polar surface area (TPSA) is 0 Å². The van der Waals surface area contributed by atoms with Crippen molar-refractivity contribution in [3.8, 4) is 0 Å². The van der Waals surface area contributed by atoms with Crippen molar-refractivity contribution < 1.29 is 0 Å². The van der Waals surface area contributed by atoms with Gasteiger partial charge in [0.25, 0.3) is 0 Å². The van der Waals surface area contributed by atoms with Gasteiger partial charge < -0.3 is 0 Å². The van der Waals surface area contributed by atoms with Crippen LogP contribution in [0.25, 0.3) is 0 Å². The quantitative estimate of drug-likeness (QED) is 0.422. The summed E-state index contributed by atoms with van der Waals surface area (Å²) in [6, 6.07) is 0. The predicted molar refractivity (Wildman–Crippen MR) is 39.5 cm³/mol. The number of hydrogen-bond acceptors (Lipinski definition) is 0. The highest BCUT2D eigenvalue weighted by atomic mass is 35.5. The van der Waals surface area contributed by atoms with Crippen LogP contribution in [-0.4, -0.2) is 4.33 Å². The van der Waals surface area contributed by atoms with Crippen LogP contribution in [0.2, 0.25) is 0 Å². The Hall–Kier alpha value is 0.320. The van der Waals surface area contributed by atoms with Crippen LogP contribution in [-0.2, 0) is 0 Å². The minimum absolute atomic E-state index is 0.633. The van der Waals surface area contributed by atoms with E-state index in [0.717, 1.165) is 5.57 Å². The zero-order valence-electron chi connectivity index (χ0n) is 5.17. The van der Waals surface area contributed by atoms with E-state index in [4.69, 9.17) is 23.2 Å². The molecule has 0 N–H and O–H groups in total. The lowest BCUT2D eigenvalue weighted by Gasteiger charge is -2.11. The Kier molecular flexibility index (Phi) is 2.86. The van der Waals surface area contributed by atoms with Crippen molar-refractivity contribution in [3.05, 3.63) is 12.2 Å². The lowest BCUT2D eigenvalue weighted by Crippen LogP contribution is -2.04. The van der Waals surface area contributed by atoms with Gasteiger partial charge in [-0.05, 0) is 13.8 Å². The normalized spacial score (nSPS) is 11.5. The van der Waals surface area contributed by atoms with Crippen LogP contribution in [0.15, 0.2) is 12.2 Å². The molecule has 0 heterocycles. The van der Waals surface area contributed by atoms with Crippen LogP contribution in [0.5, 0.6) is 0 Å². The second kappa shape index (κ2) is 2.75. The lowest BCUT2D eigenvalue weighted by atomic mass is 10.2. The molecule has 0 radical (unpaired) electrons. The maximum Gasteiger partial charge on any atom is 0.119 e. The fraction of sp³-hybridized carbons (Fsp3) is 0.667. The smallest absolute Gasteiger partial charge is 0.102 e. The third-order valence-corrected chi connectivity index (χ3v) is 0.879. The van der Waals surface area contributed by atoms with Crippen molar-refractivity contribution in [1.29, 1.82) is 0 Å². The number of alkyl halides is 2. The molecule has 0 nitrogen and oxygen atoms in total. The molecule has 0 aromatic carbocycles. The third-order valence-electron chi connectivity index (χ3n) is 0.612. The first-order valence-corrected chi connectivity index (χ1v) is 3.19. The first kappa shape index (κ1) is 8.32. The zero-order chi connectivity index (χ0) is 6.78. The molecule has 0 rings (SSSR count). The number of hydrogen-bond donors (Lipinski definition) is 0. The second-order valence-corrected chi connectivity index (χ2v) is 4.07. The highest BCUT2D eigenvalue weighted by Crippen LogP contribution is 2.26. The van der Waals surface area contributed by atoms with Gasteiger partial charge in [0.15, 0.2) is 0 Å². The van der Waals surface area contributed by atoms with Crippen LogP contribution >= 0.6 is 23.2 Å². The first-order valence-electron chi connectivity index (χ1n) is 2.44. The summed E-state index contributed by atoms with van der Waals surface area (Å²) >= 11 is 11.3. The van der Waals surface area contributed by atoms with Gasteiger partial charge in [0.05, 0.1) is 0 Å². The van der Waals surface area contributed by atoms with Gasteiger partial charge in [0.2, 0.25) is 0 Å². The molecule has 0 aliphatic rings. The van der Waals surface area contributed by atoms with Gasteiger partial charge in [-0.2, -0.15) is 0 Å². The van der Waals surface area contributed by atoms with Crippen LogP contribution in [0.3, 0.4) is 0 Å². The molecular weight excluding hydrogens is 143 g/mol. The van der Waals surface area contributed by atoms with Crippen LogP contribution < -0.4 is 0 Å². The highest BCUT2D eigenvalue weighted by molar-refractivity contribution is 6.48. The zero-order valence-corrected chi connectivity index (χ0v) is 6.68. The minimum Gasteiger partial charge on any atom is -0.102 e. The van der Waals surface area contributed by atoms with E-state index in [1.54, 1.807) is 6.92 Å². The Bertz CT molecular complexity index is 89.2. The number of rotatable bonds is 2. The van der Waals surface area contributed by atoms with Crippen LogP contribution in [0.4, 0.5) is 0 Å². The molecule has 2 heteroatoms. The van der Waals surface area contributed by atoms with Gasteiger partial charge in [0.1, 0.15) is 4.33 Å². The van der Waals surface area contributed by atoms with E-state index >= 15 is 0 Å². The SMILES string of the molecule is C=C(C)CC(C)(Cl)Cl. The molecule has 0 saturated heterocycles. The Morgan fingerprint density at radius 2 is 2.00 bits per heavy atom. The molecule has 0 aromatic heterocycles. The standard InChI is InChI=1S/C6H10Cl2/c1-5(2)4-6(3,7)8/h1,4H2,2-3H3. The molecule has 0 fully saturated rings. The average Bonchev–Trinajstić information content (AvgIpc) is 1.21. The molecule has 8 heavy (non-hydrogen) atoms. The summed E-state index contributed by atoms with van der Waals surface area (Å²) in [4.78, 5) is 0. The van der Waals surface area contributed by atoms with E-state index in [2.05, 4.69) is 6.58 Å². The molecule has 0 bridgehead atoms. The second-order valence-electron chi connectivity index (χ2n) is 2.20. The van der Waals surface area contributed by atoms with Crippen molar-refractivity contribution in [1.82, 2.24) is 0 Å². The molecular formula is C6H10Cl2. The van der Waals surface area contributed by atoms with Gasteiger partial charge >= 0.3 is 0 Å². The average molecular weight is 153 g/mol. The Labute approximate surface area is 60.5 Å². The molecule has 0 spiro atoms. The van der Waals surface area contributed by atoms with Crippen molar-refractivity contribution in [2.45, 2.75) is 24.6 Å². The summed E-state index contributed by atoms with van der Waals surface area (Å²) in [7, 11) is 0. The Morgan fingerprint density at radius 3 is 2.00 bits per heavy atom. The molecule has 0 unspecified atom stereocenters. The summed E-state index contributed by atoms with van der Waals surface area (Å²) in [5, 5.41) is 0. The fourth-order valence-corrected chi connectivity index (χ4v) is 0.986. The summed E-state index contributed by atoms with van der Waals surface area (Å²) in [5.74, 6) is 0. The van der Waals surface area contributed by atoms with Crippen molar-refractivity contribution in [2.75, 3.05) is 0 Å². The molecule has 0 aliphatic heterocycles. The van der Waals surface area contributed by atoms with Gasteiger partial charge in [-0.1, -0.05) is 5.57 Å². The van der Waals surface area contributed by atoms with E-state index in [0.29, 0.717) is 6.42 Å². The van der Waals surface area contributed by atoms with Crippen molar-refractivity contribution in [3.63, 3.8) is 0 Å². The molecule has 48 valence electrons.